The zero-order valence-electron chi connectivity index (χ0n) is 13.0. The van der Waals surface area contributed by atoms with Crippen LogP contribution in [0, 0.1) is 20.2 Å². The summed E-state index contributed by atoms with van der Waals surface area (Å²) in [6.45, 7) is 5.08. The van der Waals surface area contributed by atoms with Crippen molar-refractivity contribution in [2.75, 3.05) is 13.1 Å². The van der Waals surface area contributed by atoms with Crippen molar-refractivity contribution in [1.82, 2.24) is 4.48 Å². The van der Waals surface area contributed by atoms with Crippen molar-refractivity contribution in [2.24, 2.45) is 0 Å². The third kappa shape index (κ3) is 2.91. The van der Waals surface area contributed by atoms with Crippen LogP contribution in [0.25, 0.3) is 0 Å². The molecule has 0 atom stereocenters. The highest BCUT2D eigenvalue weighted by Gasteiger charge is 2.37. The summed E-state index contributed by atoms with van der Waals surface area (Å²) in [6, 6.07) is 13.3. The third-order valence-electron chi connectivity index (χ3n) is 4.16. The number of non-ortho nitro benzene ring substituents is 1. The lowest BCUT2D eigenvalue weighted by Gasteiger charge is -2.35. The van der Waals surface area contributed by atoms with Crippen molar-refractivity contribution >= 4 is 22.7 Å². The van der Waals surface area contributed by atoms with Crippen LogP contribution in [0.4, 0.5) is 22.7 Å². The third-order valence-corrected chi connectivity index (χ3v) is 4.16. The molecule has 0 aromatic heterocycles. The van der Waals surface area contributed by atoms with Crippen LogP contribution in [-0.4, -0.2) is 22.9 Å². The summed E-state index contributed by atoms with van der Waals surface area (Å²) in [5.41, 5.74) is 0.858. The first-order valence-corrected chi connectivity index (χ1v) is 7.32. The monoisotopic (exact) mass is 316 g/mol. The Hall–Kier alpha value is -2.80. The Labute approximate surface area is 133 Å². The highest BCUT2D eigenvalue weighted by molar-refractivity contribution is 5.70. The molecule has 7 nitrogen and oxygen atoms in total. The Bertz CT molecular complexity index is 727. The molecule has 120 valence electrons. The number of para-hydroxylation sites is 1. The fraction of sp³-hybridized carbons (Fsp3) is 0.250. The molecule has 0 radical (unpaired) electrons. The summed E-state index contributed by atoms with van der Waals surface area (Å²) in [7, 11) is 0. The quantitative estimate of drug-likeness (QED) is 0.454. The molecule has 0 fully saturated rings. The predicted molar refractivity (Wildman–Crippen MR) is 88.7 cm³/mol. The predicted octanol–water partition coefficient (Wildman–Crippen LogP) is 4.18. The van der Waals surface area contributed by atoms with Crippen molar-refractivity contribution in [2.45, 2.75) is 13.8 Å². The Balaban J connectivity index is 2.74. The number of nitrogens with zero attached hydrogens (tertiary/aromatic N) is 3. The Morgan fingerprint density at radius 2 is 1.52 bits per heavy atom. The van der Waals surface area contributed by atoms with Gasteiger partial charge in [0, 0.05) is 12.1 Å². The van der Waals surface area contributed by atoms with Gasteiger partial charge in [-0.25, -0.2) is 0 Å². The maximum absolute atomic E-state index is 11.5. The second-order valence-electron chi connectivity index (χ2n) is 5.12. The van der Waals surface area contributed by atoms with Crippen LogP contribution in [0.1, 0.15) is 13.8 Å². The Kier molecular flexibility index (Phi) is 4.71. The first-order chi connectivity index (χ1) is 11.0. The van der Waals surface area contributed by atoms with Crippen LogP contribution >= 0.6 is 0 Å². The second-order valence-corrected chi connectivity index (χ2v) is 5.12. The lowest BCUT2D eigenvalue weighted by molar-refractivity contribution is -0.394. The summed E-state index contributed by atoms with van der Waals surface area (Å²) >= 11 is 0. The van der Waals surface area contributed by atoms with E-state index in [0.29, 0.717) is 18.8 Å². The van der Waals surface area contributed by atoms with E-state index in [1.165, 1.54) is 12.1 Å². The van der Waals surface area contributed by atoms with Gasteiger partial charge in [-0.15, -0.1) is 0 Å². The minimum Gasteiger partial charge on any atom is -0.258 e. The standard InChI is InChI=1S/C16H18N3O4/c1-3-19(4-2,14-8-6-5-7-9-14)16-11-10-13(17(20)21)12-15(16)18(22)23/h5-12H,3-4H2,1-2H3/q+1. The average molecular weight is 316 g/mol. The molecule has 0 unspecified atom stereocenters. The van der Waals surface area contributed by atoms with Gasteiger partial charge in [0.15, 0.2) is 0 Å². The average Bonchev–Trinajstić information content (AvgIpc) is 2.57. The van der Waals surface area contributed by atoms with E-state index in [4.69, 9.17) is 0 Å². The molecule has 0 heterocycles. The van der Waals surface area contributed by atoms with Gasteiger partial charge in [-0.05, 0) is 26.0 Å². The minimum atomic E-state index is -0.619. The molecule has 2 aromatic rings. The van der Waals surface area contributed by atoms with Crippen LogP contribution in [0.5, 0.6) is 0 Å². The second kappa shape index (κ2) is 6.53. The maximum atomic E-state index is 11.5. The van der Waals surface area contributed by atoms with Gasteiger partial charge in [0.1, 0.15) is 11.8 Å². The first-order valence-electron chi connectivity index (χ1n) is 7.32. The van der Waals surface area contributed by atoms with Crippen LogP contribution < -0.4 is 4.48 Å². The zero-order valence-corrected chi connectivity index (χ0v) is 13.0. The summed E-state index contributed by atoms with van der Waals surface area (Å²) in [5.74, 6) is 0. The minimum absolute atomic E-state index is 0.230. The first kappa shape index (κ1) is 16.6. The van der Waals surface area contributed by atoms with Gasteiger partial charge in [0.25, 0.3) is 5.69 Å². The van der Waals surface area contributed by atoms with Crippen LogP contribution in [0.3, 0.4) is 0 Å². The molecule has 2 rings (SSSR count). The highest BCUT2D eigenvalue weighted by Crippen LogP contribution is 2.41. The molecule has 0 spiro atoms. The number of quaternary nitrogens is 1. The molecular weight excluding hydrogens is 298 g/mol. The van der Waals surface area contributed by atoms with E-state index >= 15 is 0 Å². The van der Waals surface area contributed by atoms with E-state index in [-0.39, 0.29) is 15.9 Å². The number of nitro benzene ring substituents is 2. The summed E-state index contributed by atoms with van der Waals surface area (Å²) in [4.78, 5) is 21.2. The number of nitro groups is 2. The van der Waals surface area contributed by atoms with Gasteiger partial charge in [-0.2, -0.15) is 0 Å². The van der Waals surface area contributed by atoms with Crippen LogP contribution in [-0.2, 0) is 0 Å². The highest BCUT2D eigenvalue weighted by atomic mass is 16.6. The zero-order chi connectivity index (χ0) is 17.0. The molecule has 2 aromatic carbocycles. The number of benzene rings is 2. The summed E-state index contributed by atoms with van der Waals surface area (Å²) in [5, 5.41) is 22.4. The van der Waals surface area contributed by atoms with E-state index in [9.17, 15) is 20.2 Å². The van der Waals surface area contributed by atoms with Gasteiger partial charge < -0.3 is 0 Å². The molecule has 0 aliphatic heterocycles. The van der Waals surface area contributed by atoms with Crippen LogP contribution in [0.2, 0.25) is 0 Å². The molecule has 0 amide bonds. The molecular formula is C16H18N3O4+. The van der Waals surface area contributed by atoms with E-state index in [1.54, 1.807) is 0 Å². The lowest BCUT2D eigenvalue weighted by atomic mass is 10.1. The fourth-order valence-electron chi connectivity index (χ4n) is 2.92. The van der Waals surface area contributed by atoms with Gasteiger partial charge in [-0.1, -0.05) is 18.2 Å². The number of rotatable bonds is 6. The molecule has 0 bridgehead atoms. The van der Waals surface area contributed by atoms with Gasteiger partial charge in [0.2, 0.25) is 5.69 Å². The topological polar surface area (TPSA) is 86.3 Å². The lowest BCUT2D eigenvalue weighted by Crippen LogP contribution is -2.44. The van der Waals surface area contributed by atoms with Gasteiger partial charge in [0.05, 0.1) is 22.9 Å². The fourth-order valence-corrected chi connectivity index (χ4v) is 2.92. The molecule has 0 N–H and O–H groups in total. The molecule has 0 saturated carbocycles. The molecule has 0 saturated heterocycles. The SMILES string of the molecule is CC[N+](CC)(c1ccccc1)c1ccc([N+](=O)[O-])cc1[N+](=O)[O-]. The molecule has 0 aliphatic carbocycles. The van der Waals surface area contributed by atoms with E-state index in [2.05, 4.69) is 0 Å². The van der Waals surface area contributed by atoms with E-state index in [1.807, 2.05) is 44.2 Å². The maximum Gasteiger partial charge on any atom is 0.336 e. The van der Waals surface area contributed by atoms with Gasteiger partial charge >= 0.3 is 5.69 Å². The number of hydrogen-bond acceptors (Lipinski definition) is 4. The van der Waals surface area contributed by atoms with Crippen LogP contribution in [0.15, 0.2) is 48.5 Å². The Morgan fingerprint density at radius 1 is 0.913 bits per heavy atom. The van der Waals surface area contributed by atoms with Gasteiger partial charge in [-0.3, -0.25) is 24.7 Å². The molecule has 7 heteroatoms. The Morgan fingerprint density at radius 3 is 2.00 bits per heavy atom. The van der Waals surface area contributed by atoms with Crippen molar-refractivity contribution in [3.63, 3.8) is 0 Å². The smallest absolute Gasteiger partial charge is 0.258 e. The van der Waals surface area contributed by atoms with Crippen molar-refractivity contribution in [3.05, 3.63) is 68.8 Å². The number of hydrogen-bond donors (Lipinski definition) is 0. The molecule has 0 aliphatic rings. The molecule has 23 heavy (non-hydrogen) atoms. The summed E-state index contributed by atoms with van der Waals surface area (Å²) in [6.07, 6.45) is 0. The van der Waals surface area contributed by atoms with E-state index in [0.717, 1.165) is 11.8 Å². The van der Waals surface area contributed by atoms with Crippen molar-refractivity contribution in [1.29, 1.82) is 0 Å². The van der Waals surface area contributed by atoms with Crippen molar-refractivity contribution < 1.29 is 9.85 Å². The summed E-state index contributed by atoms with van der Waals surface area (Å²) < 4.78 is 0.259. The van der Waals surface area contributed by atoms with E-state index < -0.39 is 9.85 Å². The normalized spacial score (nSPS) is 11.2. The van der Waals surface area contributed by atoms with Crippen molar-refractivity contribution in [3.8, 4) is 0 Å². The largest absolute Gasteiger partial charge is 0.336 e.